The van der Waals surface area contributed by atoms with Crippen LogP contribution in [0.1, 0.15) is 39.7 Å². The third-order valence-corrected chi connectivity index (χ3v) is 2.39. The lowest BCUT2D eigenvalue weighted by atomic mass is 10.0. The number of phenols is 1. The van der Waals surface area contributed by atoms with Gasteiger partial charge in [0.2, 0.25) is 0 Å². The number of benzene rings is 1. The second-order valence-electron chi connectivity index (χ2n) is 4.34. The number of aromatic hydroxyl groups is 1. The first-order chi connectivity index (χ1) is 8.11. The molecule has 0 unspecified atom stereocenters. The zero-order valence-corrected chi connectivity index (χ0v) is 11.6. The molecule has 0 saturated heterocycles. The Balaban J connectivity index is 0.000000437. The van der Waals surface area contributed by atoms with Crippen molar-refractivity contribution in [3.63, 3.8) is 0 Å². The Labute approximate surface area is 106 Å². The van der Waals surface area contributed by atoms with E-state index in [1.165, 1.54) is 0 Å². The predicted molar refractivity (Wildman–Crippen MR) is 73.4 cm³/mol. The molecule has 0 fully saturated rings. The van der Waals surface area contributed by atoms with E-state index in [-0.39, 0.29) is 0 Å². The van der Waals surface area contributed by atoms with E-state index in [0.29, 0.717) is 11.7 Å². The Morgan fingerprint density at radius 3 is 2.12 bits per heavy atom. The van der Waals surface area contributed by atoms with Gasteiger partial charge in [0.15, 0.2) is 0 Å². The Morgan fingerprint density at radius 2 is 1.71 bits per heavy atom. The summed E-state index contributed by atoms with van der Waals surface area (Å²) >= 11 is 0. The van der Waals surface area contributed by atoms with Crippen LogP contribution in [-0.4, -0.2) is 18.3 Å². The molecule has 1 aromatic rings. The number of para-hydroxylation sites is 1. The second kappa shape index (κ2) is 10.2. The third-order valence-electron chi connectivity index (χ3n) is 2.39. The molecule has 2 nitrogen and oxygen atoms in total. The maximum Gasteiger partial charge on any atom is 0.118 e. The molecule has 0 aliphatic carbocycles. The van der Waals surface area contributed by atoms with Crippen LogP contribution in [0.2, 0.25) is 0 Å². The molecule has 17 heavy (non-hydrogen) atoms. The van der Waals surface area contributed by atoms with Crippen LogP contribution in [0.3, 0.4) is 0 Å². The van der Waals surface area contributed by atoms with Crippen LogP contribution in [0, 0.1) is 5.92 Å². The molecule has 0 atom stereocenters. The molecule has 0 amide bonds. The highest BCUT2D eigenvalue weighted by Gasteiger charge is 2.00. The molecule has 0 saturated carbocycles. The molecule has 1 N–H and O–H groups in total. The van der Waals surface area contributed by atoms with Crippen molar-refractivity contribution in [3.05, 3.63) is 29.8 Å². The van der Waals surface area contributed by atoms with Gasteiger partial charge in [-0.3, -0.25) is 0 Å². The fourth-order valence-electron chi connectivity index (χ4n) is 1.37. The van der Waals surface area contributed by atoms with E-state index in [0.717, 1.165) is 31.6 Å². The van der Waals surface area contributed by atoms with Gasteiger partial charge in [0.1, 0.15) is 5.75 Å². The van der Waals surface area contributed by atoms with E-state index in [2.05, 4.69) is 13.8 Å². The van der Waals surface area contributed by atoms with Crippen LogP contribution in [0.15, 0.2) is 24.3 Å². The lowest BCUT2D eigenvalue weighted by Gasteiger charge is -2.05. The molecule has 0 aliphatic rings. The number of rotatable bonds is 5. The summed E-state index contributed by atoms with van der Waals surface area (Å²) in [5, 5.41) is 9.42. The molecule has 1 rings (SSSR count). The minimum atomic E-state index is 0.429. The van der Waals surface area contributed by atoms with Gasteiger partial charge in [-0.25, -0.2) is 0 Å². The average Bonchev–Trinajstić information content (AvgIpc) is 2.30. The van der Waals surface area contributed by atoms with Crippen LogP contribution in [0.5, 0.6) is 5.75 Å². The quantitative estimate of drug-likeness (QED) is 0.839. The minimum Gasteiger partial charge on any atom is -0.508 e. The van der Waals surface area contributed by atoms with Crippen molar-refractivity contribution < 1.29 is 9.84 Å². The van der Waals surface area contributed by atoms with Gasteiger partial charge in [0.05, 0.1) is 0 Å². The van der Waals surface area contributed by atoms with E-state index in [1.54, 1.807) is 6.07 Å². The molecular formula is C15H26O2. The molecule has 98 valence electrons. The second-order valence-corrected chi connectivity index (χ2v) is 4.34. The van der Waals surface area contributed by atoms with Crippen molar-refractivity contribution in [1.82, 2.24) is 0 Å². The van der Waals surface area contributed by atoms with Crippen LogP contribution in [-0.2, 0) is 11.2 Å². The topological polar surface area (TPSA) is 29.5 Å². The molecule has 0 aromatic heterocycles. The lowest BCUT2D eigenvalue weighted by molar-refractivity contribution is 0.162. The minimum absolute atomic E-state index is 0.429. The fraction of sp³-hybridized carbons (Fsp3) is 0.600. The number of hydrogen-bond donors (Lipinski definition) is 1. The number of aryl methyl sites for hydroxylation is 1. The Bertz CT molecular complexity index is 280. The summed E-state index contributed by atoms with van der Waals surface area (Å²) in [6.07, 6.45) is 2.11. The SMILES string of the molecule is CC(C)CCc1ccccc1O.CCOCC. The van der Waals surface area contributed by atoms with Gasteiger partial charge in [-0.1, -0.05) is 32.0 Å². The van der Waals surface area contributed by atoms with E-state index >= 15 is 0 Å². The molecular weight excluding hydrogens is 212 g/mol. The lowest BCUT2D eigenvalue weighted by Crippen LogP contribution is -1.91. The fourth-order valence-corrected chi connectivity index (χ4v) is 1.37. The molecule has 0 bridgehead atoms. The third kappa shape index (κ3) is 8.75. The summed E-state index contributed by atoms with van der Waals surface area (Å²) in [5.41, 5.74) is 1.06. The predicted octanol–water partition coefficient (Wildman–Crippen LogP) is 4.02. The smallest absolute Gasteiger partial charge is 0.118 e. The maximum atomic E-state index is 9.42. The highest BCUT2D eigenvalue weighted by Crippen LogP contribution is 2.18. The number of ether oxygens (including phenoxy) is 1. The summed E-state index contributed by atoms with van der Waals surface area (Å²) in [4.78, 5) is 0. The molecule has 2 heteroatoms. The van der Waals surface area contributed by atoms with E-state index < -0.39 is 0 Å². The van der Waals surface area contributed by atoms with Crippen molar-refractivity contribution in [1.29, 1.82) is 0 Å². The van der Waals surface area contributed by atoms with Gasteiger partial charge >= 0.3 is 0 Å². The summed E-state index contributed by atoms with van der Waals surface area (Å²) in [6.45, 7) is 10.1. The van der Waals surface area contributed by atoms with Crippen LogP contribution in [0.25, 0.3) is 0 Å². The summed E-state index contributed by atoms with van der Waals surface area (Å²) in [7, 11) is 0. The average molecular weight is 238 g/mol. The zero-order valence-electron chi connectivity index (χ0n) is 11.6. The largest absolute Gasteiger partial charge is 0.508 e. The van der Waals surface area contributed by atoms with Crippen molar-refractivity contribution in [2.45, 2.75) is 40.5 Å². The van der Waals surface area contributed by atoms with Crippen molar-refractivity contribution in [2.24, 2.45) is 5.92 Å². The van der Waals surface area contributed by atoms with E-state index in [1.807, 2.05) is 32.0 Å². The van der Waals surface area contributed by atoms with Crippen LogP contribution >= 0.6 is 0 Å². The molecule has 0 radical (unpaired) electrons. The molecule has 0 aliphatic heterocycles. The monoisotopic (exact) mass is 238 g/mol. The van der Waals surface area contributed by atoms with Crippen LogP contribution in [0.4, 0.5) is 0 Å². The highest BCUT2D eigenvalue weighted by molar-refractivity contribution is 5.31. The first kappa shape index (κ1) is 16.0. The Hall–Kier alpha value is -1.02. The van der Waals surface area contributed by atoms with Crippen LogP contribution < -0.4 is 0 Å². The van der Waals surface area contributed by atoms with Gasteiger partial charge in [-0.05, 0) is 44.2 Å². The molecule has 0 heterocycles. The van der Waals surface area contributed by atoms with E-state index in [9.17, 15) is 5.11 Å². The van der Waals surface area contributed by atoms with Gasteiger partial charge in [-0.15, -0.1) is 0 Å². The Kier molecular flexibility index (Phi) is 9.55. The molecule has 0 spiro atoms. The summed E-state index contributed by atoms with van der Waals surface area (Å²) in [5.74, 6) is 1.13. The van der Waals surface area contributed by atoms with Crippen molar-refractivity contribution in [2.75, 3.05) is 13.2 Å². The first-order valence-electron chi connectivity index (χ1n) is 6.46. The highest BCUT2D eigenvalue weighted by atomic mass is 16.5. The normalized spacial score (nSPS) is 9.94. The standard InChI is InChI=1S/C11H16O.C4H10O/c1-9(2)7-8-10-5-3-4-6-11(10)12;1-3-5-4-2/h3-6,9,12H,7-8H2,1-2H3;3-4H2,1-2H3. The van der Waals surface area contributed by atoms with Gasteiger partial charge in [-0.2, -0.15) is 0 Å². The van der Waals surface area contributed by atoms with Crippen molar-refractivity contribution in [3.8, 4) is 5.75 Å². The summed E-state index contributed by atoms with van der Waals surface area (Å²) < 4.78 is 4.83. The van der Waals surface area contributed by atoms with E-state index in [4.69, 9.17) is 4.74 Å². The zero-order chi connectivity index (χ0) is 13.1. The van der Waals surface area contributed by atoms with Gasteiger partial charge in [0, 0.05) is 13.2 Å². The Morgan fingerprint density at radius 1 is 1.12 bits per heavy atom. The van der Waals surface area contributed by atoms with Crippen molar-refractivity contribution >= 4 is 0 Å². The van der Waals surface area contributed by atoms with Gasteiger partial charge < -0.3 is 9.84 Å². The maximum absolute atomic E-state index is 9.42. The summed E-state index contributed by atoms with van der Waals surface area (Å²) in [6, 6.07) is 7.55. The first-order valence-corrected chi connectivity index (χ1v) is 6.46. The number of phenolic OH excluding ortho intramolecular Hbond substituents is 1. The molecule has 1 aromatic carbocycles. The number of hydrogen-bond acceptors (Lipinski definition) is 2. The van der Waals surface area contributed by atoms with Gasteiger partial charge in [0.25, 0.3) is 0 Å².